The predicted molar refractivity (Wildman–Crippen MR) is 48.1 cm³/mol. The van der Waals surface area contributed by atoms with Crippen molar-refractivity contribution >= 4 is 11.9 Å². The molecule has 0 saturated heterocycles. The van der Waals surface area contributed by atoms with Crippen LogP contribution in [0.3, 0.4) is 0 Å². The second-order valence-electron chi connectivity index (χ2n) is 3.55. The van der Waals surface area contributed by atoms with E-state index >= 15 is 0 Å². The molecule has 0 saturated carbocycles. The van der Waals surface area contributed by atoms with E-state index in [0.717, 1.165) is 4.90 Å². The summed E-state index contributed by atoms with van der Waals surface area (Å²) < 4.78 is 0. The molecule has 5 nitrogen and oxygen atoms in total. The molecule has 0 radical (unpaired) electrons. The molecule has 0 fully saturated rings. The van der Waals surface area contributed by atoms with Crippen LogP contribution in [0.4, 0.5) is 0 Å². The number of hydrogen-bond acceptors (Lipinski definition) is 3. The fourth-order valence-electron chi connectivity index (χ4n) is 0.724. The van der Waals surface area contributed by atoms with Crippen molar-refractivity contribution in [3.05, 3.63) is 0 Å². The maximum absolute atomic E-state index is 11.3. The Bertz CT molecular complexity index is 223. The first-order chi connectivity index (χ1) is 5.71. The van der Waals surface area contributed by atoms with E-state index in [4.69, 9.17) is 10.8 Å². The number of rotatable bonds is 3. The van der Waals surface area contributed by atoms with Crippen LogP contribution in [0.1, 0.15) is 20.8 Å². The maximum atomic E-state index is 11.3. The highest BCUT2D eigenvalue weighted by Crippen LogP contribution is 2.12. The van der Waals surface area contributed by atoms with Gasteiger partial charge in [0.1, 0.15) is 5.54 Å². The van der Waals surface area contributed by atoms with Crippen LogP contribution in [0, 0.1) is 0 Å². The summed E-state index contributed by atoms with van der Waals surface area (Å²) >= 11 is 0. The van der Waals surface area contributed by atoms with Crippen molar-refractivity contribution in [2.24, 2.45) is 5.73 Å². The number of hydrogen-bond donors (Lipinski definition) is 2. The van der Waals surface area contributed by atoms with Crippen LogP contribution >= 0.6 is 0 Å². The molecule has 3 N–H and O–H groups in total. The van der Waals surface area contributed by atoms with Gasteiger partial charge >= 0.3 is 5.97 Å². The molecule has 0 aromatic rings. The Balaban J connectivity index is 4.68. The first-order valence-corrected chi connectivity index (χ1v) is 3.98. The zero-order chi connectivity index (χ0) is 10.8. The third-order valence-electron chi connectivity index (χ3n) is 2.08. The Morgan fingerprint density at radius 2 is 1.85 bits per heavy atom. The van der Waals surface area contributed by atoms with Crippen LogP contribution in [0.5, 0.6) is 0 Å². The largest absolute Gasteiger partial charge is 0.480 e. The Kier molecular flexibility index (Phi) is 3.42. The van der Waals surface area contributed by atoms with Gasteiger partial charge in [-0.15, -0.1) is 0 Å². The third kappa shape index (κ3) is 2.42. The van der Waals surface area contributed by atoms with Crippen molar-refractivity contribution in [2.45, 2.75) is 32.4 Å². The molecular weight excluding hydrogens is 172 g/mol. The average molecular weight is 188 g/mol. The Morgan fingerprint density at radius 1 is 1.46 bits per heavy atom. The molecule has 0 heterocycles. The van der Waals surface area contributed by atoms with E-state index in [-0.39, 0.29) is 5.91 Å². The smallest absolute Gasteiger partial charge is 0.329 e. The molecule has 1 amide bonds. The summed E-state index contributed by atoms with van der Waals surface area (Å²) in [6, 6.07) is -0.677. The molecular formula is C8H16N2O3. The van der Waals surface area contributed by atoms with Gasteiger partial charge in [-0.05, 0) is 20.8 Å². The van der Waals surface area contributed by atoms with Gasteiger partial charge < -0.3 is 15.7 Å². The Labute approximate surface area is 77.5 Å². The zero-order valence-corrected chi connectivity index (χ0v) is 8.37. The van der Waals surface area contributed by atoms with Crippen LogP contribution in [0.15, 0.2) is 0 Å². The number of nitrogens with zero attached hydrogens (tertiary/aromatic N) is 1. The van der Waals surface area contributed by atoms with Gasteiger partial charge in [0.25, 0.3) is 0 Å². The van der Waals surface area contributed by atoms with Crippen LogP contribution in [-0.2, 0) is 9.59 Å². The molecule has 0 aromatic carbocycles. The summed E-state index contributed by atoms with van der Waals surface area (Å²) in [7, 11) is 1.43. The van der Waals surface area contributed by atoms with Crippen LogP contribution in [0.2, 0.25) is 0 Å². The van der Waals surface area contributed by atoms with Gasteiger partial charge in [0, 0.05) is 7.05 Å². The van der Waals surface area contributed by atoms with E-state index in [1.54, 1.807) is 0 Å². The Hall–Kier alpha value is -1.10. The summed E-state index contributed by atoms with van der Waals surface area (Å²) in [4.78, 5) is 23.2. The van der Waals surface area contributed by atoms with Gasteiger partial charge in [-0.3, -0.25) is 4.79 Å². The molecule has 76 valence electrons. The van der Waals surface area contributed by atoms with Gasteiger partial charge in [-0.25, -0.2) is 4.79 Å². The Morgan fingerprint density at radius 3 is 2.08 bits per heavy atom. The molecule has 0 aromatic heterocycles. The SMILES string of the molecule is C[C@H](N)C(=O)N(C)C(C)(C)C(=O)O. The lowest BCUT2D eigenvalue weighted by molar-refractivity contribution is -0.155. The van der Waals surface area contributed by atoms with E-state index in [2.05, 4.69) is 0 Å². The van der Waals surface area contributed by atoms with Crippen LogP contribution < -0.4 is 5.73 Å². The number of carbonyl (C=O) groups excluding carboxylic acids is 1. The highest BCUT2D eigenvalue weighted by molar-refractivity contribution is 5.88. The second kappa shape index (κ2) is 3.74. The molecule has 13 heavy (non-hydrogen) atoms. The minimum atomic E-state index is -1.22. The first kappa shape index (κ1) is 11.9. The average Bonchev–Trinajstić information content (AvgIpc) is 2.01. The maximum Gasteiger partial charge on any atom is 0.329 e. The first-order valence-electron chi connectivity index (χ1n) is 3.98. The number of aliphatic carboxylic acids is 1. The molecule has 0 unspecified atom stereocenters. The number of amides is 1. The van der Waals surface area contributed by atoms with Crippen molar-refractivity contribution in [1.29, 1.82) is 0 Å². The minimum absolute atomic E-state index is 0.382. The highest BCUT2D eigenvalue weighted by atomic mass is 16.4. The van der Waals surface area contributed by atoms with Gasteiger partial charge in [0.05, 0.1) is 6.04 Å². The lowest BCUT2D eigenvalue weighted by atomic mass is 10.0. The van der Waals surface area contributed by atoms with Crippen molar-refractivity contribution < 1.29 is 14.7 Å². The summed E-state index contributed by atoms with van der Waals surface area (Å²) in [5, 5.41) is 8.81. The van der Waals surface area contributed by atoms with E-state index in [0.29, 0.717) is 0 Å². The molecule has 0 aliphatic rings. The number of carboxylic acids is 1. The number of nitrogens with two attached hydrogens (primary N) is 1. The fourth-order valence-corrected chi connectivity index (χ4v) is 0.724. The van der Waals surface area contributed by atoms with Crippen LogP contribution in [-0.4, -0.2) is 40.5 Å². The standard InChI is InChI=1S/C8H16N2O3/c1-5(9)6(11)10(4)8(2,3)7(12)13/h5H,9H2,1-4H3,(H,12,13)/t5-/m0/s1. The zero-order valence-electron chi connectivity index (χ0n) is 8.37. The normalized spacial score (nSPS) is 13.6. The lowest BCUT2D eigenvalue weighted by Gasteiger charge is -2.32. The second-order valence-corrected chi connectivity index (χ2v) is 3.55. The highest BCUT2D eigenvalue weighted by Gasteiger charge is 2.35. The molecule has 1 atom stereocenters. The van der Waals surface area contributed by atoms with Gasteiger partial charge in [-0.1, -0.05) is 0 Å². The molecule has 0 aliphatic heterocycles. The summed E-state index contributed by atoms with van der Waals surface area (Å²) in [6.07, 6.45) is 0. The lowest BCUT2D eigenvalue weighted by Crippen LogP contribution is -2.54. The number of carbonyl (C=O) groups is 2. The van der Waals surface area contributed by atoms with E-state index in [1.165, 1.54) is 27.8 Å². The van der Waals surface area contributed by atoms with Crippen molar-refractivity contribution in [1.82, 2.24) is 4.90 Å². The molecule has 0 aliphatic carbocycles. The topological polar surface area (TPSA) is 83.6 Å². The van der Waals surface area contributed by atoms with Gasteiger partial charge in [0.2, 0.25) is 5.91 Å². The van der Waals surface area contributed by atoms with Gasteiger partial charge in [-0.2, -0.15) is 0 Å². The van der Waals surface area contributed by atoms with Crippen molar-refractivity contribution in [3.63, 3.8) is 0 Å². The van der Waals surface area contributed by atoms with E-state index < -0.39 is 17.6 Å². The fraction of sp³-hybridized carbons (Fsp3) is 0.750. The molecule has 5 heteroatoms. The summed E-state index contributed by atoms with van der Waals surface area (Å²) in [5.74, 6) is -1.43. The third-order valence-corrected chi connectivity index (χ3v) is 2.08. The number of carboxylic acid groups (broad SMARTS) is 1. The van der Waals surface area contributed by atoms with E-state index in [1.807, 2.05) is 0 Å². The molecule has 0 bridgehead atoms. The molecule has 0 spiro atoms. The van der Waals surface area contributed by atoms with Crippen LogP contribution in [0.25, 0.3) is 0 Å². The van der Waals surface area contributed by atoms with Crippen molar-refractivity contribution in [2.75, 3.05) is 7.05 Å². The summed E-state index contributed by atoms with van der Waals surface area (Å²) in [6.45, 7) is 4.43. The van der Waals surface area contributed by atoms with Crippen molar-refractivity contribution in [3.8, 4) is 0 Å². The summed E-state index contributed by atoms with van der Waals surface area (Å²) in [5.41, 5.74) is 4.13. The predicted octanol–water partition coefficient (Wildman–Crippen LogP) is -0.345. The quantitative estimate of drug-likeness (QED) is 0.634. The van der Waals surface area contributed by atoms with Gasteiger partial charge in [0.15, 0.2) is 0 Å². The van der Waals surface area contributed by atoms with E-state index in [9.17, 15) is 9.59 Å². The minimum Gasteiger partial charge on any atom is -0.480 e. The number of likely N-dealkylation sites (N-methyl/N-ethyl adjacent to an activating group) is 1. The monoisotopic (exact) mass is 188 g/mol. The molecule has 0 rings (SSSR count).